The summed E-state index contributed by atoms with van der Waals surface area (Å²) in [6.45, 7) is 0.00164. The molecule has 6 nitrogen and oxygen atoms in total. The van der Waals surface area contributed by atoms with Gasteiger partial charge in [-0.15, -0.1) is 0 Å². The number of amides is 1. The lowest BCUT2D eigenvalue weighted by Gasteiger charge is -2.26. The minimum atomic E-state index is -1.26. The minimum Gasteiger partial charge on any atom is -0.480 e. The van der Waals surface area contributed by atoms with E-state index >= 15 is 0 Å². The fraction of sp³-hybridized carbons (Fsp3) is 0.188. The number of aliphatic carboxylic acids is 1. The van der Waals surface area contributed by atoms with Crippen molar-refractivity contribution in [1.29, 1.82) is 0 Å². The second kappa shape index (κ2) is 7.21. The maximum Gasteiger partial charge on any atom is 0.408 e. The lowest BCUT2D eigenvalue weighted by molar-refractivity contribution is -0.142. The molecule has 0 aliphatic rings. The van der Waals surface area contributed by atoms with Gasteiger partial charge in [-0.3, -0.25) is 9.88 Å². The molecule has 114 valence electrons. The van der Waals surface area contributed by atoms with Crippen LogP contribution in [0.15, 0.2) is 54.9 Å². The fourth-order valence-corrected chi connectivity index (χ4v) is 2.16. The number of hydrogen-bond acceptors (Lipinski definition) is 3. The molecule has 0 aliphatic carbocycles. The number of nitrogens with zero attached hydrogens (tertiary/aromatic N) is 2. The molecular weight excluding hydrogens is 284 g/mol. The predicted octanol–water partition coefficient (Wildman–Crippen LogP) is 2.26. The van der Waals surface area contributed by atoms with E-state index in [-0.39, 0.29) is 13.0 Å². The van der Waals surface area contributed by atoms with Gasteiger partial charge in [0.15, 0.2) is 0 Å². The van der Waals surface area contributed by atoms with Gasteiger partial charge in [0.25, 0.3) is 0 Å². The molecule has 2 N–H and O–H groups in total. The van der Waals surface area contributed by atoms with E-state index < -0.39 is 18.1 Å². The monoisotopic (exact) mass is 300 g/mol. The lowest BCUT2D eigenvalue weighted by Crippen LogP contribution is -2.45. The maximum atomic E-state index is 11.5. The number of carboxylic acid groups (broad SMARTS) is 2. The minimum absolute atomic E-state index is 0.00164. The van der Waals surface area contributed by atoms with Crippen LogP contribution in [-0.4, -0.2) is 38.2 Å². The second-order valence-corrected chi connectivity index (χ2v) is 4.81. The van der Waals surface area contributed by atoms with Crippen LogP contribution < -0.4 is 0 Å². The number of benzene rings is 1. The lowest BCUT2D eigenvalue weighted by atomic mass is 10.0. The van der Waals surface area contributed by atoms with Crippen LogP contribution in [0.1, 0.15) is 11.1 Å². The maximum absolute atomic E-state index is 11.5. The Morgan fingerprint density at radius 3 is 2.18 bits per heavy atom. The molecule has 2 aromatic rings. The van der Waals surface area contributed by atoms with Gasteiger partial charge >= 0.3 is 12.1 Å². The number of rotatable bonds is 6. The highest BCUT2D eigenvalue weighted by molar-refractivity contribution is 5.79. The number of carbonyl (C=O) groups is 2. The van der Waals surface area contributed by atoms with E-state index in [1.165, 1.54) is 0 Å². The van der Waals surface area contributed by atoms with E-state index in [0.717, 1.165) is 10.5 Å². The summed E-state index contributed by atoms with van der Waals surface area (Å²) in [5.41, 5.74) is 1.47. The van der Waals surface area contributed by atoms with Gasteiger partial charge in [-0.05, 0) is 23.3 Å². The Labute approximate surface area is 127 Å². The zero-order chi connectivity index (χ0) is 15.9. The summed E-state index contributed by atoms with van der Waals surface area (Å²) in [6, 6.07) is 11.2. The standard InChI is InChI=1S/C16H16N2O4/c19-15(20)14(10-12-4-2-1-3-5-12)18(16(21)22)11-13-6-8-17-9-7-13/h1-9,14H,10-11H2,(H,19,20)(H,21,22). The summed E-state index contributed by atoms with van der Waals surface area (Å²) < 4.78 is 0. The first-order valence-electron chi connectivity index (χ1n) is 6.73. The van der Waals surface area contributed by atoms with Gasteiger partial charge in [0.1, 0.15) is 6.04 Å². The van der Waals surface area contributed by atoms with E-state index in [4.69, 9.17) is 0 Å². The molecule has 0 saturated carbocycles. The van der Waals surface area contributed by atoms with Gasteiger partial charge in [-0.2, -0.15) is 0 Å². The van der Waals surface area contributed by atoms with Crippen molar-refractivity contribution in [2.24, 2.45) is 0 Å². The van der Waals surface area contributed by atoms with Crippen molar-refractivity contribution in [2.45, 2.75) is 19.0 Å². The van der Waals surface area contributed by atoms with E-state index in [1.807, 2.05) is 6.07 Å². The number of pyridine rings is 1. The Hall–Kier alpha value is -2.89. The summed E-state index contributed by atoms with van der Waals surface area (Å²) >= 11 is 0. The summed E-state index contributed by atoms with van der Waals surface area (Å²) in [4.78, 5) is 27.8. The van der Waals surface area contributed by atoms with Crippen LogP contribution in [0.4, 0.5) is 4.79 Å². The van der Waals surface area contributed by atoms with Crippen LogP contribution in [0.2, 0.25) is 0 Å². The normalized spacial score (nSPS) is 11.6. The first-order valence-corrected chi connectivity index (χ1v) is 6.73. The topological polar surface area (TPSA) is 90.7 Å². The van der Waals surface area contributed by atoms with Gasteiger partial charge in [0.2, 0.25) is 0 Å². The Morgan fingerprint density at radius 1 is 1.00 bits per heavy atom. The molecule has 1 amide bonds. The van der Waals surface area contributed by atoms with Crippen LogP contribution in [0, 0.1) is 0 Å². The van der Waals surface area contributed by atoms with Gasteiger partial charge in [0.05, 0.1) is 6.54 Å². The number of carboxylic acids is 1. The van der Waals surface area contributed by atoms with Crippen LogP contribution in [-0.2, 0) is 17.8 Å². The Balaban J connectivity index is 2.22. The van der Waals surface area contributed by atoms with Gasteiger partial charge < -0.3 is 10.2 Å². The summed E-state index contributed by atoms with van der Waals surface area (Å²) in [6.07, 6.45) is 1.94. The summed E-state index contributed by atoms with van der Waals surface area (Å²) in [7, 11) is 0. The molecule has 1 heterocycles. The molecule has 2 rings (SSSR count). The fourth-order valence-electron chi connectivity index (χ4n) is 2.16. The van der Waals surface area contributed by atoms with Gasteiger partial charge in [0, 0.05) is 18.8 Å². The highest BCUT2D eigenvalue weighted by Crippen LogP contribution is 2.14. The Bertz CT molecular complexity index is 574. The average Bonchev–Trinajstić information content (AvgIpc) is 2.52. The molecule has 0 spiro atoms. The molecule has 0 saturated heterocycles. The molecule has 0 bridgehead atoms. The van der Waals surface area contributed by atoms with E-state index in [9.17, 15) is 19.8 Å². The molecule has 22 heavy (non-hydrogen) atoms. The summed E-state index contributed by atoms with van der Waals surface area (Å²) in [5.74, 6) is -1.17. The Kier molecular flexibility index (Phi) is 5.08. The molecule has 0 radical (unpaired) electrons. The zero-order valence-corrected chi connectivity index (χ0v) is 11.8. The van der Waals surface area contributed by atoms with Crippen molar-refractivity contribution in [3.05, 3.63) is 66.0 Å². The zero-order valence-electron chi connectivity index (χ0n) is 11.8. The average molecular weight is 300 g/mol. The highest BCUT2D eigenvalue weighted by atomic mass is 16.4. The van der Waals surface area contributed by atoms with Gasteiger partial charge in [-0.25, -0.2) is 9.59 Å². The molecule has 0 fully saturated rings. The molecular formula is C16H16N2O4. The molecule has 1 aromatic heterocycles. The van der Waals surface area contributed by atoms with Crippen molar-refractivity contribution in [3.8, 4) is 0 Å². The van der Waals surface area contributed by atoms with E-state index in [2.05, 4.69) is 4.98 Å². The Morgan fingerprint density at radius 2 is 1.64 bits per heavy atom. The number of aromatic nitrogens is 1. The quantitative estimate of drug-likeness (QED) is 0.854. The van der Waals surface area contributed by atoms with Crippen LogP contribution in [0.3, 0.4) is 0 Å². The van der Waals surface area contributed by atoms with E-state index in [0.29, 0.717) is 5.56 Å². The first-order chi connectivity index (χ1) is 10.6. The third kappa shape index (κ3) is 4.05. The number of hydrogen-bond donors (Lipinski definition) is 2. The molecule has 0 aliphatic heterocycles. The van der Waals surface area contributed by atoms with E-state index in [1.54, 1.807) is 48.8 Å². The smallest absolute Gasteiger partial charge is 0.408 e. The molecule has 1 atom stereocenters. The predicted molar refractivity (Wildman–Crippen MR) is 79.4 cm³/mol. The van der Waals surface area contributed by atoms with Crippen molar-refractivity contribution in [3.63, 3.8) is 0 Å². The van der Waals surface area contributed by atoms with Crippen molar-refractivity contribution in [2.75, 3.05) is 0 Å². The van der Waals surface area contributed by atoms with Crippen LogP contribution >= 0.6 is 0 Å². The largest absolute Gasteiger partial charge is 0.480 e. The SMILES string of the molecule is O=C(O)C(Cc1ccccc1)N(Cc1ccncc1)C(=O)O. The summed E-state index contributed by atoms with van der Waals surface area (Å²) in [5, 5.41) is 18.8. The molecule has 1 aromatic carbocycles. The van der Waals surface area contributed by atoms with Crippen molar-refractivity contribution < 1.29 is 19.8 Å². The second-order valence-electron chi connectivity index (χ2n) is 4.81. The molecule has 1 unspecified atom stereocenters. The van der Waals surface area contributed by atoms with Crippen LogP contribution in [0.25, 0.3) is 0 Å². The first kappa shape index (κ1) is 15.5. The van der Waals surface area contributed by atoms with Crippen molar-refractivity contribution >= 4 is 12.1 Å². The van der Waals surface area contributed by atoms with Gasteiger partial charge in [-0.1, -0.05) is 30.3 Å². The van der Waals surface area contributed by atoms with Crippen molar-refractivity contribution in [1.82, 2.24) is 9.88 Å². The highest BCUT2D eigenvalue weighted by Gasteiger charge is 2.29. The third-order valence-electron chi connectivity index (χ3n) is 3.28. The molecule has 6 heteroatoms. The van der Waals surface area contributed by atoms with Crippen LogP contribution in [0.5, 0.6) is 0 Å². The third-order valence-corrected chi connectivity index (χ3v) is 3.28.